The highest BCUT2D eigenvalue weighted by atomic mass is 16.6. The molecule has 1 amide bonds. The molecule has 3 N–H and O–H groups in total. The van der Waals surface area contributed by atoms with Crippen molar-refractivity contribution in [3.05, 3.63) is 11.6 Å². The average Bonchev–Trinajstić information content (AvgIpc) is 3.89. The van der Waals surface area contributed by atoms with Gasteiger partial charge in [-0.05, 0) is 98.3 Å². The first-order valence-electron chi connectivity index (χ1n) is 16.1. The molecule has 9 nitrogen and oxygen atoms in total. The number of ketones is 1. The van der Waals surface area contributed by atoms with Crippen LogP contribution < -0.4 is 11.1 Å². The van der Waals surface area contributed by atoms with Crippen molar-refractivity contribution in [3.63, 3.8) is 0 Å². The van der Waals surface area contributed by atoms with Gasteiger partial charge in [0.2, 0.25) is 5.91 Å². The van der Waals surface area contributed by atoms with Crippen molar-refractivity contribution in [2.24, 2.45) is 22.5 Å². The van der Waals surface area contributed by atoms with Crippen LogP contribution in [0.3, 0.4) is 0 Å². The summed E-state index contributed by atoms with van der Waals surface area (Å²) in [6.07, 6.45) is 11.2. The molecular weight excluding hydrogens is 536 g/mol. The van der Waals surface area contributed by atoms with E-state index in [9.17, 15) is 14.4 Å². The molecule has 2 bridgehead atoms. The Bertz CT molecular complexity index is 1050. The van der Waals surface area contributed by atoms with Gasteiger partial charge < -0.3 is 30.0 Å². The van der Waals surface area contributed by atoms with Gasteiger partial charge in [0, 0.05) is 30.3 Å². The lowest BCUT2D eigenvalue weighted by atomic mass is 9.52. The summed E-state index contributed by atoms with van der Waals surface area (Å²) in [5.41, 5.74) is 5.56. The van der Waals surface area contributed by atoms with E-state index >= 15 is 0 Å². The van der Waals surface area contributed by atoms with Crippen LogP contribution in [0.15, 0.2) is 11.6 Å². The highest BCUT2D eigenvalue weighted by molar-refractivity contribution is 5.88. The molecule has 7 atom stereocenters. The molecule has 1 spiro atoms. The zero-order chi connectivity index (χ0) is 30.3. The van der Waals surface area contributed by atoms with E-state index < -0.39 is 17.4 Å². The van der Waals surface area contributed by atoms with Gasteiger partial charge in [0.05, 0.1) is 37.1 Å². The Morgan fingerprint density at radius 1 is 1.05 bits per heavy atom. The molecule has 236 valence electrons. The number of ether oxygens (including phenoxy) is 4. The van der Waals surface area contributed by atoms with Gasteiger partial charge >= 0.3 is 5.97 Å². The fourth-order valence-corrected chi connectivity index (χ4v) is 8.36. The Balaban J connectivity index is 1.15. The molecule has 0 unspecified atom stereocenters. The molecule has 0 aromatic rings. The van der Waals surface area contributed by atoms with Gasteiger partial charge in [0.15, 0.2) is 0 Å². The van der Waals surface area contributed by atoms with E-state index in [1.165, 1.54) is 5.57 Å². The van der Waals surface area contributed by atoms with Crippen LogP contribution in [-0.4, -0.2) is 73.5 Å². The molecule has 9 heteroatoms. The number of epoxide rings is 2. The molecule has 42 heavy (non-hydrogen) atoms. The number of carbonyl (C=O) groups excluding carboxylic acids is 3. The third-order valence-electron chi connectivity index (χ3n) is 11.3. The predicted octanol–water partition coefficient (Wildman–Crippen LogP) is 4.15. The largest absolute Gasteiger partial charge is 0.465 e. The van der Waals surface area contributed by atoms with Crippen LogP contribution in [0.4, 0.5) is 0 Å². The minimum Gasteiger partial charge on any atom is -0.465 e. The van der Waals surface area contributed by atoms with Crippen LogP contribution in [0.25, 0.3) is 0 Å². The van der Waals surface area contributed by atoms with Crippen LogP contribution in [0.2, 0.25) is 0 Å². The van der Waals surface area contributed by atoms with E-state index in [2.05, 4.69) is 32.2 Å². The Morgan fingerprint density at radius 3 is 2.26 bits per heavy atom. The lowest BCUT2D eigenvalue weighted by molar-refractivity contribution is -0.152. The lowest BCUT2D eigenvalue weighted by Crippen LogP contribution is -2.62. The van der Waals surface area contributed by atoms with Gasteiger partial charge in [0.1, 0.15) is 17.4 Å². The van der Waals surface area contributed by atoms with E-state index in [-0.39, 0.29) is 46.7 Å². The predicted molar refractivity (Wildman–Crippen MR) is 157 cm³/mol. The zero-order valence-electron chi connectivity index (χ0n) is 26.3. The molecule has 0 aromatic heterocycles. The fraction of sp³-hybridized carbons (Fsp3) is 0.848. The highest BCUT2D eigenvalue weighted by Gasteiger charge is 2.72. The van der Waals surface area contributed by atoms with Crippen LogP contribution in [0.1, 0.15) is 105 Å². The summed E-state index contributed by atoms with van der Waals surface area (Å²) in [5.74, 6) is 0.0844. The monoisotopic (exact) mass is 588 g/mol. The second-order valence-electron chi connectivity index (χ2n) is 14.4. The van der Waals surface area contributed by atoms with Crippen molar-refractivity contribution in [1.29, 1.82) is 0 Å². The number of rotatable bonds is 13. The molecule has 6 aliphatic rings. The summed E-state index contributed by atoms with van der Waals surface area (Å²) >= 11 is 0. The summed E-state index contributed by atoms with van der Waals surface area (Å²) in [7, 11) is 1.75. The number of fused-ring (bicyclic) bond motifs is 3. The fourth-order valence-electron chi connectivity index (χ4n) is 8.36. The van der Waals surface area contributed by atoms with E-state index in [0.29, 0.717) is 31.7 Å². The second-order valence-corrected chi connectivity index (χ2v) is 14.4. The minimum atomic E-state index is -0.628. The second kappa shape index (κ2) is 11.9. The molecule has 2 saturated heterocycles. The van der Waals surface area contributed by atoms with Crippen molar-refractivity contribution < 1.29 is 33.3 Å². The Kier molecular flexibility index (Phi) is 8.99. The number of amides is 1. The van der Waals surface area contributed by atoms with Crippen molar-refractivity contribution >= 4 is 17.7 Å². The molecule has 0 radical (unpaired) electrons. The first kappa shape index (κ1) is 31.6. The average molecular weight is 589 g/mol. The van der Waals surface area contributed by atoms with Crippen molar-refractivity contribution in [2.45, 2.75) is 140 Å². The maximum atomic E-state index is 13.9. The number of esters is 1. The third-order valence-corrected chi connectivity index (χ3v) is 11.3. The number of methoxy groups -OCH3 is 1. The van der Waals surface area contributed by atoms with Crippen LogP contribution >= 0.6 is 0 Å². The summed E-state index contributed by atoms with van der Waals surface area (Å²) < 4.78 is 23.7. The first-order valence-corrected chi connectivity index (χ1v) is 16.1. The Morgan fingerprint density at radius 2 is 1.69 bits per heavy atom. The van der Waals surface area contributed by atoms with Crippen molar-refractivity contribution in [1.82, 2.24) is 5.32 Å². The smallest absolute Gasteiger partial charge is 0.322 e. The number of allylic oxidation sites excluding steroid dienone is 1. The van der Waals surface area contributed by atoms with Gasteiger partial charge in [-0.2, -0.15) is 0 Å². The highest BCUT2D eigenvalue weighted by Crippen LogP contribution is 2.60. The number of hydrogen-bond donors (Lipinski definition) is 2. The Labute approximate surface area is 251 Å². The quantitative estimate of drug-likeness (QED) is 0.142. The molecule has 2 aliphatic heterocycles. The van der Waals surface area contributed by atoms with E-state index in [4.69, 9.17) is 24.7 Å². The number of nitrogens with two attached hydrogens (primary N) is 1. The van der Waals surface area contributed by atoms with Gasteiger partial charge in [-0.25, -0.2) is 0 Å². The third kappa shape index (κ3) is 5.95. The molecule has 4 aliphatic carbocycles. The van der Waals surface area contributed by atoms with Gasteiger partial charge in [-0.1, -0.05) is 11.6 Å². The SMILES string of the molecule is CO[C@@H]1[C@H](NC(=O)C23CCC(C(=O)CCCCOC(=O)[C@H](C)N)(CC2)CC3)CC[C@]2(CO2)[C@H]1[C@@]1(C)O[C@@H]1CC=C(C)C. The number of unbranched alkanes of at least 4 members (excludes halogenated alkanes) is 1. The number of hydrogen-bond acceptors (Lipinski definition) is 8. The normalized spacial score (nSPS) is 40.7. The zero-order valence-corrected chi connectivity index (χ0v) is 26.3. The first-order chi connectivity index (χ1) is 19.9. The molecule has 0 aromatic carbocycles. The van der Waals surface area contributed by atoms with Crippen LogP contribution in [0.5, 0.6) is 0 Å². The number of nitrogens with one attached hydrogen (secondary N) is 1. The molecular formula is C33H52N2O7. The summed E-state index contributed by atoms with van der Waals surface area (Å²) in [5, 5.41) is 3.45. The van der Waals surface area contributed by atoms with Crippen LogP contribution in [-0.2, 0) is 33.3 Å². The summed E-state index contributed by atoms with van der Waals surface area (Å²) in [6.45, 7) is 9.02. The van der Waals surface area contributed by atoms with Crippen LogP contribution in [0, 0.1) is 16.7 Å². The molecule has 2 heterocycles. The lowest BCUT2D eigenvalue weighted by Gasteiger charge is -2.52. The number of carbonyl (C=O) groups is 3. The summed E-state index contributed by atoms with van der Waals surface area (Å²) in [6, 6.07) is -0.717. The maximum Gasteiger partial charge on any atom is 0.322 e. The molecule has 6 fully saturated rings. The van der Waals surface area contributed by atoms with Crippen molar-refractivity contribution in [2.75, 3.05) is 20.3 Å². The number of Topliss-reactive ketones (excluding diaryl/α,β-unsaturated/α-hetero) is 1. The van der Waals surface area contributed by atoms with E-state index in [1.54, 1.807) is 14.0 Å². The van der Waals surface area contributed by atoms with Crippen molar-refractivity contribution in [3.8, 4) is 0 Å². The van der Waals surface area contributed by atoms with E-state index in [1.807, 2.05) is 0 Å². The molecule has 6 rings (SSSR count). The minimum absolute atomic E-state index is 0.0623. The standard InChI is InChI=1S/C33H52N2O7/c1-21(2)9-10-25-30(4,42-25)27-26(39-5)23(11-12-33(27)20-41-33)35-29(38)32-16-13-31(14-17-32,15-18-32)24(36)8-6-7-19-40-28(37)22(3)34/h9,22-23,25-27H,6-8,10-20,34H2,1-5H3,(H,35,38)/t22-,23+,25+,26+,27+,30-,31?,32?,33-/m0/s1. The van der Waals surface area contributed by atoms with E-state index in [0.717, 1.165) is 64.4 Å². The van der Waals surface area contributed by atoms with Gasteiger partial charge in [0.25, 0.3) is 0 Å². The summed E-state index contributed by atoms with van der Waals surface area (Å²) in [4.78, 5) is 38.8. The maximum absolute atomic E-state index is 13.9. The van der Waals surface area contributed by atoms with Gasteiger partial charge in [-0.3, -0.25) is 14.4 Å². The van der Waals surface area contributed by atoms with Gasteiger partial charge in [-0.15, -0.1) is 0 Å². The Hall–Kier alpha value is -1.81. The topological polar surface area (TPSA) is 133 Å². The molecule has 4 saturated carbocycles.